The first kappa shape index (κ1) is 17.8. The molecule has 5 nitrogen and oxygen atoms in total. The second kappa shape index (κ2) is 7.58. The Morgan fingerprint density at radius 1 is 1.00 bits per heavy atom. The third-order valence-corrected chi connectivity index (χ3v) is 5.97. The summed E-state index contributed by atoms with van der Waals surface area (Å²) in [5.41, 5.74) is 12.4. The second-order valence-electron chi connectivity index (χ2n) is 6.87. The summed E-state index contributed by atoms with van der Waals surface area (Å²) in [6, 6.07) is 19.1. The highest BCUT2D eigenvalue weighted by Gasteiger charge is 2.27. The van der Waals surface area contributed by atoms with Crippen LogP contribution in [0.1, 0.15) is 37.7 Å². The molecular weight excluding hydrogens is 354 g/mol. The summed E-state index contributed by atoms with van der Waals surface area (Å²) < 4.78 is 1.98. The average molecular weight is 379 g/mol. The number of hydrogen-bond acceptors (Lipinski definition) is 4. The van der Waals surface area contributed by atoms with Gasteiger partial charge in [0.05, 0.1) is 5.70 Å². The maximum Gasteiger partial charge on any atom is 0.214 e. The Balaban J connectivity index is 1.57. The molecule has 0 fully saturated rings. The summed E-state index contributed by atoms with van der Waals surface area (Å²) in [4.78, 5) is 0. The van der Waals surface area contributed by atoms with Crippen LogP contribution in [0, 0.1) is 5.92 Å². The summed E-state index contributed by atoms with van der Waals surface area (Å²) in [7, 11) is 0. The zero-order valence-electron chi connectivity index (χ0n) is 15.6. The average Bonchev–Trinajstić information content (AvgIpc) is 3.16. The van der Waals surface area contributed by atoms with Crippen LogP contribution in [0.25, 0.3) is 16.8 Å². The molecule has 0 saturated carbocycles. The fraction of sp³-hybridized carbons (Fsp3) is 0.238. The van der Waals surface area contributed by atoms with Gasteiger partial charge in [0.2, 0.25) is 11.0 Å². The molecule has 0 aliphatic carbocycles. The van der Waals surface area contributed by atoms with E-state index in [1.54, 1.807) is 11.8 Å². The first-order chi connectivity index (χ1) is 13.2. The summed E-state index contributed by atoms with van der Waals surface area (Å²) in [5.74, 6) is 1.34. The molecule has 27 heavy (non-hydrogen) atoms. The monoisotopic (exact) mass is 378 g/mol. The minimum atomic E-state index is 0.101. The van der Waals surface area contributed by atoms with Crippen LogP contribution < -0.4 is 11.2 Å². The predicted molar refractivity (Wildman–Crippen MR) is 110 cm³/mol. The summed E-state index contributed by atoms with van der Waals surface area (Å²) in [5, 5.41) is 11.6. The first-order valence-electron chi connectivity index (χ1n) is 9.25. The first-order valence-corrected chi connectivity index (χ1v) is 10.1. The number of hydrogen-bond donors (Lipinski definition) is 2. The lowest BCUT2D eigenvalue weighted by molar-refractivity contribution is -0.442. The minimum absolute atomic E-state index is 0.101. The normalized spacial score (nSPS) is 15.4. The number of fused-ring (bicyclic) bond motifs is 1. The van der Waals surface area contributed by atoms with E-state index in [1.807, 2.05) is 10.7 Å². The summed E-state index contributed by atoms with van der Waals surface area (Å²) >= 11 is 1.59. The van der Waals surface area contributed by atoms with Gasteiger partial charge >= 0.3 is 0 Å². The van der Waals surface area contributed by atoms with E-state index in [0.717, 1.165) is 28.7 Å². The van der Waals surface area contributed by atoms with E-state index >= 15 is 0 Å². The molecule has 2 heterocycles. The van der Waals surface area contributed by atoms with E-state index in [9.17, 15) is 0 Å². The number of nitrogens with one attached hydrogen (secondary N) is 1. The van der Waals surface area contributed by atoms with Crippen molar-refractivity contribution in [2.45, 2.75) is 31.5 Å². The summed E-state index contributed by atoms with van der Waals surface area (Å²) in [6.07, 6.45) is 1.06. The van der Waals surface area contributed by atoms with Crippen molar-refractivity contribution in [3.8, 4) is 11.1 Å². The Hall–Kier alpha value is -2.57. The van der Waals surface area contributed by atoms with Crippen LogP contribution in [0.3, 0.4) is 0 Å². The van der Waals surface area contributed by atoms with Crippen LogP contribution in [0.4, 0.5) is 0 Å². The molecule has 0 amide bonds. The lowest BCUT2D eigenvalue weighted by Gasteiger charge is -2.21. The van der Waals surface area contributed by atoms with E-state index < -0.39 is 0 Å². The Morgan fingerprint density at radius 2 is 1.67 bits per heavy atom. The zero-order chi connectivity index (χ0) is 18.8. The van der Waals surface area contributed by atoms with Crippen molar-refractivity contribution >= 4 is 17.5 Å². The molecule has 1 aliphatic rings. The summed E-state index contributed by atoms with van der Waals surface area (Å²) in [6.45, 7) is 4.38. The molecule has 1 aliphatic heterocycles. The lowest BCUT2D eigenvalue weighted by atomic mass is 10.00. The topological polar surface area (TPSA) is 70.4 Å². The molecule has 0 radical (unpaired) electrons. The van der Waals surface area contributed by atoms with Gasteiger partial charge in [-0.3, -0.25) is 5.43 Å². The van der Waals surface area contributed by atoms with Crippen molar-refractivity contribution in [1.29, 1.82) is 0 Å². The number of rotatable bonds is 5. The Morgan fingerprint density at radius 3 is 2.37 bits per heavy atom. The van der Waals surface area contributed by atoms with Crippen LogP contribution >= 0.6 is 11.8 Å². The third-order valence-electron chi connectivity index (χ3n) is 5.14. The molecule has 0 unspecified atom stereocenters. The number of quaternary nitrogens is 1. The molecule has 2 aromatic carbocycles. The van der Waals surface area contributed by atoms with Gasteiger partial charge in [-0.2, -0.15) is 0 Å². The van der Waals surface area contributed by atoms with Gasteiger partial charge in [0.1, 0.15) is 6.04 Å². The standard InChI is InChI=1S/C21H23N5S/c1-3-14(2)19(22)20-23-24-21-26(20)25-18(13-27-21)17-11-9-16(10-12-17)15-7-5-4-6-8-15/h4-14,19,25H,3,22H2,1-2H3/p+1/t14-,19-/m0/s1. The van der Waals surface area contributed by atoms with Crippen LogP contribution in [0.15, 0.2) is 65.2 Å². The molecule has 6 heteroatoms. The maximum absolute atomic E-state index is 4.38. The van der Waals surface area contributed by atoms with E-state index in [2.05, 4.69) is 89.1 Å². The van der Waals surface area contributed by atoms with Gasteiger partial charge < -0.3 is 5.73 Å². The largest absolute Gasteiger partial charge is 0.348 e. The molecule has 4 N–H and O–H groups in total. The van der Waals surface area contributed by atoms with Gasteiger partial charge in [0.25, 0.3) is 0 Å². The number of aromatic nitrogens is 3. The quantitative estimate of drug-likeness (QED) is 0.706. The molecule has 0 saturated heterocycles. The van der Waals surface area contributed by atoms with Gasteiger partial charge in [-0.25, -0.2) is 4.68 Å². The minimum Gasteiger partial charge on any atom is -0.348 e. The Kier molecular flexibility index (Phi) is 5.01. The van der Waals surface area contributed by atoms with Crippen molar-refractivity contribution in [1.82, 2.24) is 14.9 Å². The predicted octanol–water partition coefficient (Wildman–Crippen LogP) is 3.92. The highest BCUT2D eigenvalue weighted by Crippen LogP contribution is 2.31. The van der Waals surface area contributed by atoms with Crippen LogP contribution in [0.2, 0.25) is 0 Å². The van der Waals surface area contributed by atoms with Crippen molar-refractivity contribution in [2.24, 2.45) is 5.92 Å². The SMILES string of the molecule is CC[C@H](C)[C@H]([NH3+])c1nnc2n1NC(c1ccc(-c3ccccc3)cc1)=CS2. The lowest BCUT2D eigenvalue weighted by Crippen LogP contribution is -2.57. The van der Waals surface area contributed by atoms with Crippen LogP contribution in [0.5, 0.6) is 0 Å². The van der Waals surface area contributed by atoms with E-state index in [1.165, 1.54) is 11.1 Å². The highest BCUT2D eigenvalue weighted by molar-refractivity contribution is 8.02. The van der Waals surface area contributed by atoms with Crippen LogP contribution in [-0.4, -0.2) is 14.9 Å². The number of benzene rings is 2. The Labute approximate surface area is 163 Å². The molecule has 0 bridgehead atoms. The van der Waals surface area contributed by atoms with Gasteiger partial charge in [-0.05, 0) is 23.1 Å². The van der Waals surface area contributed by atoms with Gasteiger partial charge in [-0.1, -0.05) is 80.2 Å². The molecule has 1 aromatic heterocycles. The zero-order valence-corrected chi connectivity index (χ0v) is 16.4. The van der Waals surface area contributed by atoms with E-state index in [0.29, 0.717) is 5.92 Å². The van der Waals surface area contributed by atoms with Gasteiger partial charge in [0, 0.05) is 11.3 Å². The molecule has 2 atom stereocenters. The van der Waals surface area contributed by atoms with Gasteiger partial charge in [-0.15, -0.1) is 10.2 Å². The Bertz CT molecular complexity index is 946. The molecule has 0 spiro atoms. The van der Waals surface area contributed by atoms with E-state index in [4.69, 9.17) is 0 Å². The van der Waals surface area contributed by atoms with Crippen molar-refractivity contribution in [2.75, 3.05) is 5.43 Å². The fourth-order valence-corrected chi connectivity index (χ4v) is 3.85. The van der Waals surface area contributed by atoms with Crippen molar-refractivity contribution in [3.05, 3.63) is 71.4 Å². The smallest absolute Gasteiger partial charge is 0.214 e. The highest BCUT2D eigenvalue weighted by atomic mass is 32.2. The van der Waals surface area contributed by atoms with E-state index in [-0.39, 0.29) is 6.04 Å². The number of thioether (sulfide) groups is 1. The molecule has 138 valence electrons. The number of nitrogens with zero attached hydrogens (tertiary/aromatic N) is 3. The second-order valence-corrected chi connectivity index (χ2v) is 7.71. The van der Waals surface area contributed by atoms with Crippen molar-refractivity contribution < 1.29 is 5.73 Å². The van der Waals surface area contributed by atoms with Crippen LogP contribution in [-0.2, 0) is 0 Å². The molecule has 3 aromatic rings. The third kappa shape index (κ3) is 3.50. The fourth-order valence-electron chi connectivity index (χ4n) is 3.11. The maximum atomic E-state index is 4.38. The molecular formula is C21H24N5S+. The van der Waals surface area contributed by atoms with Gasteiger partial charge in [0.15, 0.2) is 0 Å². The van der Waals surface area contributed by atoms with Crippen molar-refractivity contribution in [3.63, 3.8) is 0 Å². The molecule has 4 rings (SSSR count).